The first-order valence-electron chi connectivity index (χ1n) is 6.93. The van der Waals surface area contributed by atoms with Gasteiger partial charge in [-0.15, -0.1) is 0 Å². The minimum absolute atomic E-state index is 0.119. The molecule has 0 saturated heterocycles. The molecule has 0 radical (unpaired) electrons. The highest BCUT2D eigenvalue weighted by Crippen LogP contribution is 2.27. The zero-order valence-electron chi connectivity index (χ0n) is 12.3. The molecule has 114 valence electrons. The molecule has 1 heterocycles. The van der Waals surface area contributed by atoms with Gasteiger partial charge in [0.05, 0.1) is 0 Å². The summed E-state index contributed by atoms with van der Waals surface area (Å²) in [6, 6.07) is 4.00. The Morgan fingerprint density at radius 3 is 2.76 bits per heavy atom. The summed E-state index contributed by atoms with van der Waals surface area (Å²) < 4.78 is 18.5. The molecule has 2 rings (SSSR count). The van der Waals surface area contributed by atoms with E-state index in [-0.39, 0.29) is 5.41 Å². The average Bonchev–Trinajstić information content (AvgIpc) is 2.89. The average molecular weight is 293 g/mol. The van der Waals surface area contributed by atoms with Crippen LogP contribution in [0.4, 0.5) is 4.39 Å². The van der Waals surface area contributed by atoms with E-state index >= 15 is 0 Å². The molecular formula is C15H20FN3O2. The second kappa shape index (κ2) is 6.22. The van der Waals surface area contributed by atoms with Crippen LogP contribution in [0, 0.1) is 11.2 Å². The zero-order valence-corrected chi connectivity index (χ0v) is 12.3. The molecule has 1 aromatic carbocycles. The zero-order chi connectivity index (χ0) is 15.5. The van der Waals surface area contributed by atoms with Gasteiger partial charge in [0.2, 0.25) is 11.7 Å². The Hall–Kier alpha value is -1.95. The van der Waals surface area contributed by atoms with Gasteiger partial charge in [-0.3, -0.25) is 0 Å². The number of rotatable bonds is 6. The Morgan fingerprint density at radius 2 is 2.10 bits per heavy atom. The molecular weight excluding hydrogens is 273 g/mol. The topological polar surface area (TPSA) is 85.2 Å². The molecule has 0 atom stereocenters. The molecule has 0 unspecified atom stereocenters. The fraction of sp³-hybridized carbons (Fsp3) is 0.467. The van der Waals surface area contributed by atoms with Crippen LogP contribution in [0.5, 0.6) is 5.75 Å². The molecule has 2 aromatic rings. The van der Waals surface area contributed by atoms with Crippen LogP contribution in [0.1, 0.15) is 32.6 Å². The molecule has 0 spiro atoms. The number of hydrogen-bond acceptors (Lipinski definition) is 5. The summed E-state index contributed by atoms with van der Waals surface area (Å²) in [7, 11) is 0. The molecule has 0 aliphatic carbocycles. The van der Waals surface area contributed by atoms with Crippen molar-refractivity contribution in [1.29, 1.82) is 0 Å². The molecule has 5 nitrogen and oxygen atoms in total. The first-order valence-corrected chi connectivity index (χ1v) is 6.93. The first-order chi connectivity index (χ1) is 9.91. The third kappa shape index (κ3) is 4.01. The second-order valence-electron chi connectivity index (χ2n) is 5.88. The fourth-order valence-corrected chi connectivity index (χ4v) is 2.08. The highest BCUT2D eigenvalue weighted by molar-refractivity contribution is 5.55. The first kappa shape index (κ1) is 15.4. The van der Waals surface area contributed by atoms with Crippen molar-refractivity contribution >= 4 is 0 Å². The normalized spacial score (nSPS) is 11.8. The van der Waals surface area contributed by atoms with E-state index < -0.39 is 11.6 Å². The minimum atomic E-state index is -0.706. The third-order valence-corrected chi connectivity index (χ3v) is 3.51. The van der Waals surface area contributed by atoms with Gasteiger partial charge in [-0.25, -0.2) is 4.39 Å². The van der Waals surface area contributed by atoms with Crippen LogP contribution in [0.15, 0.2) is 22.7 Å². The molecule has 0 amide bonds. The summed E-state index contributed by atoms with van der Waals surface area (Å²) in [4.78, 5) is 4.26. The van der Waals surface area contributed by atoms with E-state index in [1.54, 1.807) is 6.07 Å². The Kier molecular flexibility index (Phi) is 4.57. The van der Waals surface area contributed by atoms with Crippen LogP contribution in [-0.2, 0) is 6.42 Å². The van der Waals surface area contributed by atoms with Crippen molar-refractivity contribution in [3.05, 3.63) is 29.9 Å². The van der Waals surface area contributed by atoms with Crippen molar-refractivity contribution in [1.82, 2.24) is 10.1 Å². The molecule has 0 fully saturated rings. The monoisotopic (exact) mass is 293 g/mol. The van der Waals surface area contributed by atoms with Crippen molar-refractivity contribution in [2.75, 3.05) is 6.54 Å². The number of nitrogens with zero attached hydrogens (tertiary/aromatic N) is 2. The third-order valence-electron chi connectivity index (χ3n) is 3.51. The maximum absolute atomic E-state index is 13.3. The molecule has 0 aliphatic rings. The number of nitrogens with two attached hydrogens (primary N) is 1. The van der Waals surface area contributed by atoms with Gasteiger partial charge in [0.25, 0.3) is 0 Å². The Bertz CT molecular complexity index is 611. The number of hydrogen-bond donors (Lipinski definition) is 2. The van der Waals surface area contributed by atoms with Crippen LogP contribution in [0.25, 0.3) is 11.4 Å². The second-order valence-corrected chi connectivity index (χ2v) is 5.88. The molecule has 21 heavy (non-hydrogen) atoms. The van der Waals surface area contributed by atoms with Gasteiger partial charge in [-0.05, 0) is 43.0 Å². The summed E-state index contributed by atoms with van der Waals surface area (Å²) >= 11 is 0. The molecule has 3 N–H and O–H groups in total. The Labute approximate surface area is 123 Å². The molecule has 0 aliphatic heterocycles. The summed E-state index contributed by atoms with van der Waals surface area (Å²) in [6.07, 6.45) is 2.47. The number of phenolic OH excluding ortho intramolecular Hbond substituents is 1. The fourth-order valence-electron chi connectivity index (χ4n) is 2.08. The van der Waals surface area contributed by atoms with E-state index in [1.807, 2.05) is 0 Å². The summed E-state index contributed by atoms with van der Waals surface area (Å²) in [5.41, 5.74) is 6.18. The van der Waals surface area contributed by atoms with E-state index in [4.69, 9.17) is 10.3 Å². The van der Waals surface area contributed by atoms with Crippen LogP contribution in [0.2, 0.25) is 0 Å². The SMILES string of the molecule is CC(C)(CCN)CCc1nc(-c2ccc(O)c(F)c2)no1. The molecule has 0 bridgehead atoms. The van der Waals surface area contributed by atoms with Crippen molar-refractivity contribution in [3.8, 4) is 17.1 Å². The lowest BCUT2D eigenvalue weighted by atomic mass is 9.84. The predicted octanol–water partition coefficient (Wildman–Crippen LogP) is 2.89. The molecule has 0 saturated carbocycles. The highest BCUT2D eigenvalue weighted by Gasteiger charge is 2.19. The summed E-state index contributed by atoms with van der Waals surface area (Å²) in [5, 5.41) is 13.0. The van der Waals surface area contributed by atoms with Crippen molar-refractivity contribution < 1.29 is 14.0 Å². The van der Waals surface area contributed by atoms with Crippen LogP contribution in [-0.4, -0.2) is 21.8 Å². The van der Waals surface area contributed by atoms with E-state index in [0.717, 1.165) is 12.8 Å². The molecule has 1 aromatic heterocycles. The van der Waals surface area contributed by atoms with Gasteiger partial charge in [0.15, 0.2) is 11.6 Å². The van der Waals surface area contributed by atoms with Gasteiger partial charge in [-0.2, -0.15) is 4.98 Å². The van der Waals surface area contributed by atoms with Crippen molar-refractivity contribution in [2.24, 2.45) is 11.1 Å². The van der Waals surface area contributed by atoms with Crippen LogP contribution < -0.4 is 5.73 Å². The lowest BCUT2D eigenvalue weighted by molar-refractivity contribution is 0.289. The number of phenols is 1. The van der Waals surface area contributed by atoms with E-state index in [9.17, 15) is 9.50 Å². The smallest absolute Gasteiger partial charge is 0.226 e. The van der Waals surface area contributed by atoms with Crippen molar-refractivity contribution in [2.45, 2.75) is 33.1 Å². The summed E-state index contributed by atoms with van der Waals surface area (Å²) in [5.74, 6) is -0.266. The standard InChI is InChI=1S/C15H20FN3O2/c1-15(2,7-8-17)6-5-13-18-14(19-21-13)10-3-4-12(20)11(16)9-10/h3-4,9,20H,5-8,17H2,1-2H3. The van der Waals surface area contributed by atoms with Gasteiger partial charge in [0.1, 0.15) is 0 Å². The Balaban J connectivity index is 2.06. The van der Waals surface area contributed by atoms with Crippen LogP contribution >= 0.6 is 0 Å². The van der Waals surface area contributed by atoms with Crippen molar-refractivity contribution in [3.63, 3.8) is 0 Å². The van der Waals surface area contributed by atoms with Gasteiger partial charge >= 0.3 is 0 Å². The van der Waals surface area contributed by atoms with E-state index in [0.29, 0.717) is 30.2 Å². The Morgan fingerprint density at radius 1 is 1.33 bits per heavy atom. The lowest BCUT2D eigenvalue weighted by Gasteiger charge is -2.22. The maximum atomic E-state index is 13.3. The number of aromatic hydroxyl groups is 1. The summed E-state index contributed by atoms with van der Waals surface area (Å²) in [6.45, 7) is 4.94. The largest absolute Gasteiger partial charge is 0.505 e. The van der Waals surface area contributed by atoms with E-state index in [2.05, 4.69) is 24.0 Å². The lowest BCUT2D eigenvalue weighted by Crippen LogP contribution is -2.17. The number of aryl methyl sites for hydroxylation is 1. The van der Waals surface area contributed by atoms with Gasteiger partial charge < -0.3 is 15.4 Å². The molecule has 6 heteroatoms. The number of aromatic nitrogens is 2. The van der Waals surface area contributed by atoms with Gasteiger partial charge in [0, 0.05) is 12.0 Å². The minimum Gasteiger partial charge on any atom is -0.505 e. The predicted molar refractivity (Wildman–Crippen MR) is 77.1 cm³/mol. The highest BCUT2D eigenvalue weighted by atomic mass is 19.1. The number of benzene rings is 1. The van der Waals surface area contributed by atoms with Gasteiger partial charge in [-0.1, -0.05) is 19.0 Å². The number of halogens is 1. The quantitative estimate of drug-likeness (QED) is 0.855. The van der Waals surface area contributed by atoms with E-state index in [1.165, 1.54) is 12.1 Å². The maximum Gasteiger partial charge on any atom is 0.226 e. The van der Waals surface area contributed by atoms with Crippen LogP contribution in [0.3, 0.4) is 0 Å².